The van der Waals surface area contributed by atoms with Gasteiger partial charge in [0, 0.05) is 13.0 Å². The van der Waals surface area contributed by atoms with Crippen LogP contribution < -0.4 is 15.6 Å². The Bertz CT molecular complexity index is 313. The molecule has 7 nitrogen and oxygen atoms in total. The molecule has 0 atom stereocenters. The van der Waals surface area contributed by atoms with Crippen LogP contribution in [-0.4, -0.2) is 26.0 Å². The molecule has 0 radical (unpaired) electrons. The van der Waals surface area contributed by atoms with E-state index < -0.39 is 10.2 Å². The molecule has 0 saturated carbocycles. The predicted molar refractivity (Wildman–Crippen MR) is 68.6 cm³/mol. The van der Waals surface area contributed by atoms with Gasteiger partial charge < -0.3 is 5.73 Å². The lowest BCUT2D eigenvalue weighted by molar-refractivity contribution is 0.593. The molecular weight excluding hydrogens is 285 g/mol. The lowest BCUT2D eigenvalue weighted by atomic mass is 10.4. The zero-order valence-electron chi connectivity index (χ0n) is 7.50. The molecule has 0 aliphatic rings. The first-order chi connectivity index (χ1) is 5.81. The lowest BCUT2D eigenvalue weighted by Gasteiger charge is -2.02. The van der Waals surface area contributed by atoms with E-state index in [9.17, 15) is 8.42 Å². The van der Waals surface area contributed by atoms with Crippen LogP contribution in [0.5, 0.6) is 0 Å². The second-order valence-corrected chi connectivity index (χ2v) is 3.87. The van der Waals surface area contributed by atoms with Gasteiger partial charge in [-0.15, -0.1) is 37.4 Å². The van der Waals surface area contributed by atoms with E-state index in [1.165, 1.54) is 0 Å². The van der Waals surface area contributed by atoms with Gasteiger partial charge in [0.15, 0.2) is 5.17 Å². The van der Waals surface area contributed by atoms with Crippen molar-refractivity contribution < 1.29 is 8.42 Å². The summed E-state index contributed by atoms with van der Waals surface area (Å²) in [6.45, 7) is 0.191. The van der Waals surface area contributed by atoms with Crippen molar-refractivity contribution in [1.29, 1.82) is 5.41 Å². The molecule has 0 saturated heterocycles. The van der Waals surface area contributed by atoms with Crippen LogP contribution in [0, 0.1) is 5.41 Å². The lowest BCUT2D eigenvalue weighted by Crippen LogP contribution is -2.35. The minimum absolute atomic E-state index is 0. The third kappa shape index (κ3) is 16.5. The summed E-state index contributed by atoms with van der Waals surface area (Å²) in [4.78, 5) is 3.64. The molecule has 0 heterocycles. The fourth-order valence-electron chi connectivity index (χ4n) is 0.505. The zero-order chi connectivity index (χ0) is 10.5. The zero-order valence-corrected chi connectivity index (χ0v) is 10.8. The van der Waals surface area contributed by atoms with E-state index >= 15 is 0 Å². The van der Waals surface area contributed by atoms with Gasteiger partial charge in [0.2, 0.25) is 0 Å². The topological polar surface area (TPSA) is 134 Å². The molecule has 0 aliphatic carbocycles. The standard InChI is InChI=1S/C4H11N5O2S2.2ClH/c5-3(9-13(7,10)11)1-2-8-4(6)12;;/h1-2H2,(H2,5,9)(H3,6,8,12)(H2,7,10,11);2*1H. The van der Waals surface area contributed by atoms with Crippen LogP contribution in [0.15, 0.2) is 4.99 Å². The highest BCUT2D eigenvalue weighted by molar-refractivity contribution is 7.96. The van der Waals surface area contributed by atoms with Gasteiger partial charge in [-0.25, -0.2) is 5.14 Å². The molecule has 0 fully saturated rings. The first kappa shape index (κ1) is 20.2. The molecule has 6 N–H and O–H groups in total. The van der Waals surface area contributed by atoms with E-state index in [4.69, 9.17) is 11.1 Å². The minimum Gasteiger partial charge on any atom is -0.379 e. The Kier molecular flexibility index (Phi) is 12.2. The van der Waals surface area contributed by atoms with Crippen molar-refractivity contribution in [1.82, 2.24) is 4.72 Å². The van der Waals surface area contributed by atoms with E-state index in [1.807, 2.05) is 0 Å². The maximum Gasteiger partial charge on any atom is 0.297 e. The summed E-state index contributed by atoms with van der Waals surface area (Å²) < 4.78 is 22.6. The number of thiol groups is 1. The molecule has 15 heavy (non-hydrogen) atoms. The van der Waals surface area contributed by atoms with Crippen LogP contribution in [0.4, 0.5) is 0 Å². The normalized spacial score (nSPS) is 10.9. The Morgan fingerprint density at radius 1 is 1.47 bits per heavy atom. The van der Waals surface area contributed by atoms with E-state index in [1.54, 1.807) is 4.72 Å². The fourth-order valence-corrected chi connectivity index (χ4v) is 1.05. The van der Waals surface area contributed by atoms with Crippen molar-refractivity contribution in [3.63, 3.8) is 0 Å². The van der Waals surface area contributed by atoms with Crippen LogP contribution >= 0.6 is 37.4 Å². The maximum absolute atomic E-state index is 10.4. The summed E-state index contributed by atoms with van der Waals surface area (Å²) in [6.07, 6.45) is 0.109. The maximum atomic E-state index is 10.4. The van der Waals surface area contributed by atoms with Gasteiger partial charge in [0.25, 0.3) is 10.2 Å². The Balaban J connectivity index is -0.000000720. The average molecular weight is 298 g/mol. The number of nitrogens with two attached hydrogens (primary N) is 2. The van der Waals surface area contributed by atoms with Crippen molar-refractivity contribution in [3.05, 3.63) is 0 Å². The summed E-state index contributed by atoms with van der Waals surface area (Å²) >= 11 is 3.68. The van der Waals surface area contributed by atoms with Gasteiger partial charge in [0.05, 0.1) is 0 Å². The molecule has 0 aliphatic heterocycles. The molecule has 11 heteroatoms. The number of nitrogens with one attached hydrogen (secondary N) is 2. The van der Waals surface area contributed by atoms with Crippen molar-refractivity contribution in [2.24, 2.45) is 15.9 Å². The number of aliphatic imine (C=N–C) groups is 1. The van der Waals surface area contributed by atoms with Crippen molar-refractivity contribution >= 4 is 58.7 Å². The number of hydrogen-bond donors (Lipinski definition) is 5. The average Bonchev–Trinajstić information content (AvgIpc) is 1.81. The van der Waals surface area contributed by atoms with E-state index in [0.717, 1.165) is 0 Å². The van der Waals surface area contributed by atoms with Gasteiger partial charge >= 0.3 is 0 Å². The molecule has 0 amide bonds. The SMILES string of the molecule is Cl.Cl.N=C(CCN=C(N)S)NS(N)(=O)=O. The summed E-state index contributed by atoms with van der Waals surface area (Å²) in [5.74, 6) is -0.235. The van der Waals surface area contributed by atoms with E-state index in [-0.39, 0.29) is 48.8 Å². The first-order valence-corrected chi connectivity index (χ1v) is 5.17. The van der Waals surface area contributed by atoms with Gasteiger partial charge in [-0.1, -0.05) is 0 Å². The molecule has 0 unspecified atom stereocenters. The molecule has 92 valence electrons. The van der Waals surface area contributed by atoms with Crippen molar-refractivity contribution in [2.75, 3.05) is 6.54 Å². The Morgan fingerprint density at radius 2 is 1.93 bits per heavy atom. The highest BCUT2D eigenvalue weighted by Gasteiger charge is 2.03. The highest BCUT2D eigenvalue weighted by Crippen LogP contribution is 1.85. The van der Waals surface area contributed by atoms with Crippen LogP contribution in [0.1, 0.15) is 6.42 Å². The summed E-state index contributed by atoms with van der Waals surface area (Å²) in [6, 6.07) is 0. The summed E-state index contributed by atoms with van der Waals surface area (Å²) in [5, 5.41) is 11.8. The highest BCUT2D eigenvalue weighted by atomic mass is 35.5. The molecular formula is C4H13Cl2N5O2S2. The smallest absolute Gasteiger partial charge is 0.297 e. The molecule has 0 bridgehead atoms. The van der Waals surface area contributed by atoms with Crippen LogP contribution in [0.25, 0.3) is 0 Å². The van der Waals surface area contributed by atoms with E-state index in [2.05, 4.69) is 22.8 Å². The number of hydrogen-bond acceptors (Lipinski definition) is 4. The largest absolute Gasteiger partial charge is 0.379 e. The summed E-state index contributed by atoms with van der Waals surface area (Å²) in [5.41, 5.74) is 5.09. The molecule has 0 aromatic rings. The van der Waals surface area contributed by atoms with Crippen LogP contribution in [0.3, 0.4) is 0 Å². The Hall–Kier alpha value is -0.220. The summed E-state index contributed by atoms with van der Waals surface area (Å²) in [7, 11) is -3.85. The van der Waals surface area contributed by atoms with Gasteiger partial charge in [-0.2, -0.15) is 8.42 Å². The van der Waals surface area contributed by atoms with Gasteiger partial charge in [-0.05, 0) is 0 Å². The fraction of sp³-hybridized carbons (Fsp3) is 0.500. The molecule has 0 aromatic heterocycles. The third-order valence-corrected chi connectivity index (χ3v) is 1.57. The minimum atomic E-state index is -3.85. The van der Waals surface area contributed by atoms with Crippen molar-refractivity contribution in [2.45, 2.75) is 6.42 Å². The second kappa shape index (κ2) is 9.04. The number of halogens is 2. The molecule has 0 rings (SSSR count). The van der Waals surface area contributed by atoms with Crippen LogP contribution in [0.2, 0.25) is 0 Å². The third-order valence-electron chi connectivity index (χ3n) is 0.901. The monoisotopic (exact) mass is 297 g/mol. The number of nitrogens with zero attached hydrogens (tertiary/aromatic N) is 1. The Labute approximate surface area is 106 Å². The first-order valence-electron chi connectivity index (χ1n) is 3.18. The van der Waals surface area contributed by atoms with Gasteiger partial charge in [0.1, 0.15) is 5.84 Å². The molecule has 0 aromatic carbocycles. The van der Waals surface area contributed by atoms with Crippen LogP contribution in [-0.2, 0) is 10.2 Å². The van der Waals surface area contributed by atoms with Gasteiger partial charge in [-0.3, -0.25) is 15.1 Å². The second-order valence-electron chi connectivity index (χ2n) is 2.12. The number of rotatable bonds is 4. The predicted octanol–water partition coefficient (Wildman–Crippen LogP) is -0.765. The quantitative estimate of drug-likeness (QED) is 0.265. The number of amidine groups is 2. The van der Waals surface area contributed by atoms with Crippen molar-refractivity contribution in [3.8, 4) is 0 Å². The van der Waals surface area contributed by atoms with E-state index in [0.29, 0.717) is 0 Å². The Morgan fingerprint density at radius 3 is 2.27 bits per heavy atom. The molecule has 0 spiro atoms.